The van der Waals surface area contributed by atoms with Gasteiger partial charge in [0.15, 0.2) is 5.11 Å². The summed E-state index contributed by atoms with van der Waals surface area (Å²) in [6.07, 6.45) is -7.09. The Morgan fingerprint density at radius 1 is 1.03 bits per heavy atom. The van der Waals surface area contributed by atoms with Gasteiger partial charge >= 0.3 is 12.4 Å². The molecule has 0 aliphatic heterocycles. The van der Waals surface area contributed by atoms with Crippen LogP contribution in [0.1, 0.15) is 27.4 Å². The number of carbonyl (C=O) groups excluding carboxylic acids is 1. The van der Waals surface area contributed by atoms with Gasteiger partial charge in [0.1, 0.15) is 6.54 Å². The average molecular weight is 644 g/mol. The van der Waals surface area contributed by atoms with Gasteiger partial charge in [0.25, 0.3) is 5.91 Å². The van der Waals surface area contributed by atoms with E-state index in [1.165, 1.54) is 24.3 Å². The van der Waals surface area contributed by atoms with E-state index in [9.17, 15) is 31.1 Å². The fraction of sp³-hybridized carbons (Fsp3) is 0.200. The lowest BCUT2D eigenvalue weighted by atomic mass is 9.97. The minimum Gasteiger partial charge on any atom is -0.352 e. The second kappa shape index (κ2) is 12.0. The van der Waals surface area contributed by atoms with Crippen molar-refractivity contribution >= 4 is 80.0 Å². The van der Waals surface area contributed by atoms with E-state index in [2.05, 4.69) is 39.0 Å². The van der Waals surface area contributed by atoms with Crippen molar-refractivity contribution in [2.75, 3.05) is 6.54 Å². The maximum absolute atomic E-state index is 13.7. The van der Waals surface area contributed by atoms with Gasteiger partial charge in [-0.2, -0.15) is 26.3 Å². The molecule has 4 nitrogen and oxygen atoms in total. The van der Waals surface area contributed by atoms with Crippen molar-refractivity contribution in [3.63, 3.8) is 0 Å². The van der Waals surface area contributed by atoms with Gasteiger partial charge in [-0.3, -0.25) is 15.6 Å². The first-order valence-corrected chi connectivity index (χ1v) is 11.5. The van der Waals surface area contributed by atoms with Crippen LogP contribution in [0, 0.1) is 0 Å². The SMILES string of the molecule is O=C(NNC(=S)NCC(F)(F)F)c1ccc(C=CC(c2cc(Cl)c(Cl)c(Cl)c2)C(F)(F)F)cc1Br. The highest BCUT2D eigenvalue weighted by molar-refractivity contribution is 9.10. The van der Waals surface area contributed by atoms with E-state index in [1.54, 1.807) is 0 Å². The third kappa shape index (κ3) is 9.02. The Hall–Kier alpha value is -1.73. The minimum absolute atomic E-state index is 0.0388. The highest BCUT2D eigenvalue weighted by Gasteiger charge is 2.39. The van der Waals surface area contributed by atoms with Crippen molar-refractivity contribution in [2.45, 2.75) is 18.3 Å². The van der Waals surface area contributed by atoms with Crippen molar-refractivity contribution < 1.29 is 31.1 Å². The van der Waals surface area contributed by atoms with E-state index in [1.807, 2.05) is 5.32 Å². The van der Waals surface area contributed by atoms with Crippen molar-refractivity contribution in [2.24, 2.45) is 0 Å². The van der Waals surface area contributed by atoms with Crippen LogP contribution in [-0.2, 0) is 0 Å². The molecule has 3 N–H and O–H groups in total. The van der Waals surface area contributed by atoms with Gasteiger partial charge in [-0.15, -0.1) is 0 Å². The zero-order chi connectivity index (χ0) is 26.6. The predicted molar refractivity (Wildman–Crippen MR) is 131 cm³/mol. The van der Waals surface area contributed by atoms with Gasteiger partial charge in [-0.05, 0) is 63.5 Å². The molecule has 1 amide bonds. The molecule has 0 heterocycles. The number of hydrazine groups is 1. The van der Waals surface area contributed by atoms with Crippen LogP contribution in [0.25, 0.3) is 6.08 Å². The summed E-state index contributed by atoms with van der Waals surface area (Å²) in [4.78, 5) is 12.2. The molecule has 2 aromatic rings. The van der Waals surface area contributed by atoms with Gasteiger partial charge in [0.05, 0.1) is 26.5 Å². The molecule has 0 saturated heterocycles. The van der Waals surface area contributed by atoms with Crippen molar-refractivity contribution in [3.8, 4) is 0 Å². The van der Waals surface area contributed by atoms with Gasteiger partial charge in [0, 0.05) is 4.47 Å². The summed E-state index contributed by atoms with van der Waals surface area (Å²) in [6, 6.07) is 6.18. The van der Waals surface area contributed by atoms with E-state index >= 15 is 0 Å². The second-order valence-corrected chi connectivity index (χ2v) is 9.25. The molecular formula is C20H13BrCl3F6N3OS. The fourth-order valence-electron chi connectivity index (χ4n) is 2.60. The lowest BCUT2D eigenvalue weighted by Gasteiger charge is -2.18. The van der Waals surface area contributed by atoms with Crippen LogP contribution in [0.15, 0.2) is 40.9 Å². The number of thiocarbonyl (C=S) groups is 1. The smallest absolute Gasteiger partial charge is 0.352 e. The summed E-state index contributed by atoms with van der Waals surface area (Å²) in [5, 5.41) is 1.07. The summed E-state index contributed by atoms with van der Waals surface area (Å²) >= 11 is 25.3. The van der Waals surface area contributed by atoms with E-state index < -0.39 is 35.8 Å². The van der Waals surface area contributed by atoms with Crippen LogP contribution in [0.5, 0.6) is 0 Å². The fourth-order valence-corrected chi connectivity index (χ4v) is 3.91. The molecule has 0 bridgehead atoms. The van der Waals surface area contributed by atoms with Crippen molar-refractivity contribution in [3.05, 3.63) is 72.6 Å². The first-order valence-electron chi connectivity index (χ1n) is 9.18. The second-order valence-electron chi connectivity index (χ2n) is 6.79. The topological polar surface area (TPSA) is 53.2 Å². The largest absolute Gasteiger partial charge is 0.405 e. The summed E-state index contributed by atoms with van der Waals surface area (Å²) < 4.78 is 77.7. The molecule has 1 atom stereocenters. The van der Waals surface area contributed by atoms with Crippen LogP contribution in [0.3, 0.4) is 0 Å². The summed E-state index contributed by atoms with van der Waals surface area (Å²) in [6.45, 7) is -1.40. The Morgan fingerprint density at radius 2 is 1.63 bits per heavy atom. The molecule has 1 unspecified atom stereocenters. The molecule has 35 heavy (non-hydrogen) atoms. The minimum atomic E-state index is -4.67. The lowest BCUT2D eigenvalue weighted by Crippen LogP contribution is -2.48. The number of nitrogens with one attached hydrogen (secondary N) is 3. The maximum Gasteiger partial charge on any atom is 0.405 e. The molecule has 2 aromatic carbocycles. The normalized spacial score (nSPS) is 13.0. The number of hydrogen-bond donors (Lipinski definition) is 3. The first-order chi connectivity index (χ1) is 16.1. The predicted octanol–water partition coefficient (Wildman–Crippen LogP) is 7.44. The van der Waals surface area contributed by atoms with Crippen LogP contribution in [-0.4, -0.2) is 29.9 Å². The molecule has 0 aliphatic rings. The molecule has 0 aliphatic carbocycles. The number of carbonyl (C=O) groups is 1. The standard InChI is InChI=1S/C20H13BrCl3F6N3OS/c21-13-5-9(1-3-11(13)17(34)32-33-18(35)31-8-19(25,26)27)2-4-12(20(28,29)30)10-6-14(22)16(24)15(23)7-10/h1-7,12H,8H2,(H,32,34)(H2,31,33,35). The molecular weight excluding hydrogens is 631 g/mol. The van der Waals surface area contributed by atoms with E-state index in [0.29, 0.717) is 5.56 Å². The summed E-state index contributed by atoms with van der Waals surface area (Å²) in [5.74, 6) is -2.81. The van der Waals surface area contributed by atoms with Gasteiger partial charge in [-0.1, -0.05) is 53.0 Å². The summed E-state index contributed by atoms with van der Waals surface area (Å²) in [5.41, 5.74) is 4.35. The number of benzene rings is 2. The van der Waals surface area contributed by atoms with Gasteiger partial charge < -0.3 is 5.32 Å². The average Bonchev–Trinajstić information content (AvgIpc) is 2.73. The van der Waals surface area contributed by atoms with Gasteiger partial charge in [-0.25, -0.2) is 0 Å². The monoisotopic (exact) mass is 641 g/mol. The highest BCUT2D eigenvalue weighted by atomic mass is 79.9. The quantitative estimate of drug-likeness (QED) is 0.137. The third-order valence-corrected chi connectivity index (χ3v) is 6.28. The van der Waals surface area contributed by atoms with E-state index in [4.69, 9.17) is 34.8 Å². The molecule has 0 radical (unpaired) electrons. The van der Waals surface area contributed by atoms with Crippen LogP contribution < -0.4 is 16.2 Å². The first kappa shape index (κ1) is 29.5. The Bertz CT molecular complexity index is 1120. The Morgan fingerprint density at radius 3 is 2.14 bits per heavy atom. The lowest BCUT2D eigenvalue weighted by molar-refractivity contribution is -0.139. The zero-order valence-corrected chi connectivity index (χ0v) is 21.6. The number of rotatable bonds is 5. The number of halogens is 10. The zero-order valence-electron chi connectivity index (χ0n) is 16.9. The van der Waals surface area contributed by atoms with Crippen LogP contribution in [0.4, 0.5) is 26.3 Å². The number of allylic oxidation sites excluding steroid dienone is 1. The van der Waals surface area contributed by atoms with Crippen molar-refractivity contribution in [1.82, 2.24) is 16.2 Å². The molecule has 0 aromatic heterocycles. The molecule has 0 spiro atoms. The molecule has 0 fully saturated rings. The number of alkyl halides is 6. The highest BCUT2D eigenvalue weighted by Crippen LogP contribution is 2.41. The molecule has 190 valence electrons. The Kier molecular flexibility index (Phi) is 10.1. The molecule has 2 rings (SSSR count). The molecule has 0 saturated carbocycles. The number of hydrogen-bond acceptors (Lipinski definition) is 2. The van der Waals surface area contributed by atoms with E-state index in [0.717, 1.165) is 18.2 Å². The molecule has 15 heteroatoms. The Balaban J connectivity index is 2.15. The third-order valence-electron chi connectivity index (χ3n) is 4.18. The van der Waals surface area contributed by atoms with Crippen LogP contribution in [0.2, 0.25) is 15.1 Å². The van der Waals surface area contributed by atoms with E-state index in [-0.39, 0.29) is 30.7 Å². The van der Waals surface area contributed by atoms with Gasteiger partial charge in [0.2, 0.25) is 0 Å². The number of amides is 1. The Labute approximate surface area is 224 Å². The summed E-state index contributed by atoms with van der Waals surface area (Å²) in [7, 11) is 0. The van der Waals surface area contributed by atoms with Crippen LogP contribution >= 0.6 is 63.0 Å². The van der Waals surface area contributed by atoms with Crippen molar-refractivity contribution in [1.29, 1.82) is 0 Å². The maximum atomic E-state index is 13.7.